The lowest BCUT2D eigenvalue weighted by Gasteiger charge is -2.12. The Morgan fingerprint density at radius 2 is 1.40 bits per heavy atom. The van der Waals surface area contributed by atoms with Crippen molar-refractivity contribution in [2.75, 3.05) is 17.2 Å². The average molecular weight is 468 g/mol. The molecule has 6 nitrogen and oxygen atoms in total. The van der Waals surface area contributed by atoms with Gasteiger partial charge in [-0.05, 0) is 36.4 Å². The predicted octanol–water partition coefficient (Wildman–Crippen LogP) is 5.33. The first-order valence-electron chi connectivity index (χ1n) is 10.8. The van der Waals surface area contributed by atoms with Crippen molar-refractivity contribution in [3.63, 3.8) is 0 Å². The van der Waals surface area contributed by atoms with Gasteiger partial charge in [0, 0.05) is 16.8 Å². The predicted molar refractivity (Wildman–Crippen MR) is 131 cm³/mol. The van der Waals surface area contributed by atoms with Crippen molar-refractivity contribution < 1.29 is 23.5 Å². The summed E-state index contributed by atoms with van der Waals surface area (Å²) < 4.78 is 19.3. The molecule has 7 heteroatoms. The first-order chi connectivity index (χ1) is 17.0. The van der Waals surface area contributed by atoms with Crippen LogP contribution < -0.4 is 15.4 Å². The normalized spacial score (nSPS) is 10.3. The Morgan fingerprint density at radius 3 is 2.20 bits per heavy atom. The van der Waals surface area contributed by atoms with Gasteiger partial charge in [-0.3, -0.25) is 14.4 Å². The van der Waals surface area contributed by atoms with Crippen LogP contribution in [-0.2, 0) is 4.79 Å². The van der Waals surface area contributed by atoms with Crippen LogP contribution in [0.2, 0.25) is 0 Å². The Morgan fingerprint density at radius 1 is 0.714 bits per heavy atom. The number of rotatable bonds is 8. The number of nitrogens with one attached hydrogen (secondary N) is 2. The summed E-state index contributed by atoms with van der Waals surface area (Å²) in [6.07, 6.45) is 0. The molecule has 0 saturated heterocycles. The van der Waals surface area contributed by atoms with E-state index in [9.17, 15) is 18.8 Å². The zero-order chi connectivity index (χ0) is 24.6. The number of carbonyl (C=O) groups is 3. The average Bonchev–Trinajstić information content (AvgIpc) is 2.89. The van der Waals surface area contributed by atoms with Crippen LogP contribution in [0.4, 0.5) is 15.8 Å². The molecule has 4 aromatic carbocycles. The number of ketones is 1. The molecular weight excluding hydrogens is 447 g/mol. The van der Waals surface area contributed by atoms with Crippen LogP contribution in [0.15, 0.2) is 103 Å². The second kappa shape index (κ2) is 10.9. The minimum atomic E-state index is -0.572. The Balaban J connectivity index is 1.43. The van der Waals surface area contributed by atoms with E-state index in [0.29, 0.717) is 16.8 Å². The zero-order valence-electron chi connectivity index (χ0n) is 18.5. The first kappa shape index (κ1) is 23.4. The summed E-state index contributed by atoms with van der Waals surface area (Å²) in [6.45, 7) is -0.417. The van der Waals surface area contributed by atoms with Crippen LogP contribution in [0.25, 0.3) is 0 Å². The molecule has 0 aliphatic carbocycles. The molecule has 2 amide bonds. The molecule has 0 aliphatic heterocycles. The molecule has 0 fully saturated rings. The van der Waals surface area contributed by atoms with Crippen LogP contribution in [-0.4, -0.2) is 24.2 Å². The van der Waals surface area contributed by atoms with Crippen molar-refractivity contribution in [3.8, 4) is 5.75 Å². The van der Waals surface area contributed by atoms with Crippen molar-refractivity contribution >= 4 is 29.0 Å². The van der Waals surface area contributed by atoms with Gasteiger partial charge in [0.05, 0.1) is 11.3 Å². The van der Waals surface area contributed by atoms with Crippen LogP contribution in [0.3, 0.4) is 0 Å². The Kier molecular flexibility index (Phi) is 7.28. The van der Waals surface area contributed by atoms with Crippen LogP contribution >= 0.6 is 0 Å². The summed E-state index contributed by atoms with van der Waals surface area (Å²) in [6, 6.07) is 27.7. The number of benzene rings is 4. The summed E-state index contributed by atoms with van der Waals surface area (Å²) in [7, 11) is 0. The number of hydrogen-bond donors (Lipinski definition) is 2. The standard InChI is InChI=1S/C28H21FN2O4/c29-23-14-5-6-15-24(23)31-26(32)18-35-25-16-7-4-13-22(25)28(34)30-21-12-8-11-20(17-21)27(33)19-9-2-1-3-10-19/h1-17H,18H2,(H,30,34)(H,31,32). The summed E-state index contributed by atoms with van der Waals surface area (Å²) in [4.78, 5) is 37.8. The van der Waals surface area contributed by atoms with Crippen LogP contribution in [0.1, 0.15) is 26.3 Å². The number of para-hydroxylation sites is 2. The van der Waals surface area contributed by atoms with Gasteiger partial charge in [-0.2, -0.15) is 0 Å². The number of amides is 2. The largest absolute Gasteiger partial charge is 0.483 e. The molecule has 0 aliphatic rings. The fourth-order valence-corrected chi connectivity index (χ4v) is 3.37. The van der Waals surface area contributed by atoms with Gasteiger partial charge in [-0.15, -0.1) is 0 Å². The highest BCUT2D eigenvalue weighted by molar-refractivity contribution is 6.11. The van der Waals surface area contributed by atoms with E-state index in [1.807, 2.05) is 6.07 Å². The van der Waals surface area contributed by atoms with E-state index in [2.05, 4.69) is 10.6 Å². The molecule has 35 heavy (non-hydrogen) atoms. The van der Waals surface area contributed by atoms with Crippen molar-refractivity contribution in [2.45, 2.75) is 0 Å². The van der Waals surface area contributed by atoms with E-state index >= 15 is 0 Å². The minimum Gasteiger partial charge on any atom is -0.483 e. The van der Waals surface area contributed by atoms with Crippen LogP contribution in [0.5, 0.6) is 5.75 Å². The van der Waals surface area contributed by atoms with Crippen molar-refractivity contribution in [2.24, 2.45) is 0 Å². The summed E-state index contributed by atoms with van der Waals surface area (Å²) in [5, 5.41) is 5.19. The molecule has 0 saturated carbocycles. The van der Waals surface area contributed by atoms with Gasteiger partial charge in [0.15, 0.2) is 12.4 Å². The molecule has 4 aromatic rings. The number of anilines is 2. The SMILES string of the molecule is O=C(COc1ccccc1C(=O)Nc1cccc(C(=O)c2ccccc2)c1)Nc1ccccc1F. The van der Waals surface area contributed by atoms with Crippen molar-refractivity contribution in [1.82, 2.24) is 0 Å². The number of halogens is 1. The third-order valence-electron chi connectivity index (χ3n) is 5.06. The maximum atomic E-state index is 13.7. The van der Waals surface area contributed by atoms with E-state index in [4.69, 9.17) is 4.74 Å². The van der Waals surface area contributed by atoms with Gasteiger partial charge in [0.1, 0.15) is 11.6 Å². The highest BCUT2D eigenvalue weighted by atomic mass is 19.1. The lowest BCUT2D eigenvalue weighted by Crippen LogP contribution is -2.22. The smallest absolute Gasteiger partial charge is 0.262 e. The monoisotopic (exact) mass is 468 g/mol. The topological polar surface area (TPSA) is 84.5 Å². The lowest BCUT2D eigenvalue weighted by atomic mass is 10.0. The fourth-order valence-electron chi connectivity index (χ4n) is 3.37. The molecule has 2 N–H and O–H groups in total. The Labute approximate surface area is 201 Å². The van der Waals surface area contributed by atoms with E-state index in [-0.39, 0.29) is 22.8 Å². The molecule has 0 unspecified atom stereocenters. The quantitative estimate of drug-likeness (QED) is 0.343. The number of ether oxygens (including phenoxy) is 1. The maximum Gasteiger partial charge on any atom is 0.262 e. The molecule has 0 aromatic heterocycles. The maximum absolute atomic E-state index is 13.7. The third-order valence-corrected chi connectivity index (χ3v) is 5.06. The summed E-state index contributed by atoms with van der Waals surface area (Å²) in [5.41, 5.74) is 1.65. The number of hydrogen-bond acceptors (Lipinski definition) is 4. The van der Waals surface area contributed by atoms with Gasteiger partial charge < -0.3 is 15.4 Å². The molecular formula is C28H21FN2O4. The highest BCUT2D eigenvalue weighted by Crippen LogP contribution is 2.21. The second-order valence-electron chi connectivity index (χ2n) is 7.54. The van der Waals surface area contributed by atoms with Gasteiger partial charge in [-0.25, -0.2) is 4.39 Å². The minimum absolute atomic E-state index is 0.0389. The van der Waals surface area contributed by atoms with Crippen molar-refractivity contribution in [3.05, 3.63) is 126 Å². The third kappa shape index (κ3) is 5.97. The van der Waals surface area contributed by atoms with E-state index in [1.165, 1.54) is 18.2 Å². The van der Waals surface area contributed by atoms with E-state index < -0.39 is 24.2 Å². The summed E-state index contributed by atoms with van der Waals surface area (Å²) >= 11 is 0. The number of carbonyl (C=O) groups excluding carboxylic acids is 3. The molecule has 4 rings (SSSR count). The zero-order valence-corrected chi connectivity index (χ0v) is 18.5. The van der Waals surface area contributed by atoms with Crippen LogP contribution in [0, 0.1) is 5.82 Å². The molecule has 0 bridgehead atoms. The van der Waals surface area contributed by atoms with Gasteiger partial charge in [-0.1, -0.05) is 66.7 Å². The molecule has 0 radical (unpaired) electrons. The van der Waals surface area contributed by atoms with Gasteiger partial charge in [0.25, 0.3) is 11.8 Å². The Bertz CT molecular complexity index is 1370. The van der Waals surface area contributed by atoms with Gasteiger partial charge in [0.2, 0.25) is 0 Å². The van der Waals surface area contributed by atoms with E-state index in [1.54, 1.807) is 78.9 Å². The molecule has 0 atom stereocenters. The molecule has 174 valence electrons. The van der Waals surface area contributed by atoms with Gasteiger partial charge >= 0.3 is 0 Å². The van der Waals surface area contributed by atoms with E-state index in [0.717, 1.165) is 0 Å². The van der Waals surface area contributed by atoms with Crippen molar-refractivity contribution in [1.29, 1.82) is 0 Å². The summed E-state index contributed by atoms with van der Waals surface area (Å²) in [5.74, 6) is -1.58. The lowest BCUT2D eigenvalue weighted by molar-refractivity contribution is -0.118. The highest BCUT2D eigenvalue weighted by Gasteiger charge is 2.15. The molecule has 0 heterocycles. The molecule has 0 spiro atoms. The Hall–Kier alpha value is -4.78. The fraction of sp³-hybridized carbons (Fsp3) is 0.0357. The first-order valence-corrected chi connectivity index (χ1v) is 10.8. The second-order valence-corrected chi connectivity index (χ2v) is 7.54.